The molecule has 0 aromatic heterocycles. The average Bonchev–Trinajstić information content (AvgIpc) is 2.15. The Balaban J connectivity index is 4.87. The van der Waals surface area contributed by atoms with Crippen LogP contribution in [0, 0.1) is 0 Å². The van der Waals surface area contributed by atoms with Crippen molar-refractivity contribution in [2.45, 2.75) is 0 Å². The summed E-state index contributed by atoms with van der Waals surface area (Å²) in [6.07, 6.45) is 1.41. The molecule has 0 aliphatic carbocycles. The molecule has 0 radical (unpaired) electrons. The molecule has 0 spiro atoms. The minimum atomic E-state index is -0.224. The molecule has 0 aliphatic heterocycles. The first kappa shape index (κ1) is 12.1. The molecule has 0 fully saturated rings. The van der Waals surface area contributed by atoms with Crippen LogP contribution in [-0.2, 0) is 4.74 Å². The predicted molar refractivity (Wildman–Crippen MR) is 56.7 cm³/mol. The highest BCUT2D eigenvalue weighted by molar-refractivity contribution is 6.07. The largest absolute Gasteiger partial charge is 0.506 e. The lowest BCUT2D eigenvalue weighted by Crippen LogP contribution is -2.10. The smallest absolute Gasteiger partial charge is 0.139 e. The van der Waals surface area contributed by atoms with Crippen molar-refractivity contribution in [3.05, 3.63) is 36.4 Å². The Morgan fingerprint density at radius 3 is 2.50 bits per heavy atom. The molecule has 5 heteroatoms. The fourth-order valence-electron chi connectivity index (χ4n) is 0.631. The topological polar surface area (TPSA) is 79.9 Å². The molecular formula is C9H15N3O2. The minimum absolute atomic E-state index is 0.109. The second-order valence-corrected chi connectivity index (χ2v) is 2.39. The molecule has 4 N–H and O–H groups in total. The first-order valence-electron chi connectivity index (χ1n) is 3.86. The van der Waals surface area contributed by atoms with Crippen LogP contribution in [0.5, 0.6) is 0 Å². The van der Waals surface area contributed by atoms with Crippen LogP contribution in [0.3, 0.4) is 0 Å². The SMILES string of the molecule is C=C(O)C(N)=CC(=NNC)C(=C)OC. The van der Waals surface area contributed by atoms with Gasteiger partial charge >= 0.3 is 0 Å². The Bertz CT molecular complexity index is 292. The van der Waals surface area contributed by atoms with Crippen molar-refractivity contribution < 1.29 is 9.84 Å². The van der Waals surface area contributed by atoms with E-state index in [9.17, 15) is 0 Å². The summed E-state index contributed by atoms with van der Waals surface area (Å²) in [7, 11) is 3.09. The number of hydrogen-bond donors (Lipinski definition) is 3. The van der Waals surface area contributed by atoms with Crippen molar-refractivity contribution in [2.24, 2.45) is 10.8 Å². The highest BCUT2D eigenvalue weighted by atomic mass is 16.5. The van der Waals surface area contributed by atoms with Gasteiger partial charge < -0.3 is 21.0 Å². The molecule has 0 aromatic carbocycles. The van der Waals surface area contributed by atoms with Gasteiger partial charge in [-0.15, -0.1) is 0 Å². The van der Waals surface area contributed by atoms with Crippen LogP contribution in [-0.4, -0.2) is 25.0 Å². The van der Waals surface area contributed by atoms with Crippen LogP contribution in [0.25, 0.3) is 0 Å². The monoisotopic (exact) mass is 197 g/mol. The Morgan fingerprint density at radius 2 is 2.14 bits per heavy atom. The molecular weight excluding hydrogens is 182 g/mol. The van der Waals surface area contributed by atoms with Gasteiger partial charge in [0.25, 0.3) is 0 Å². The van der Waals surface area contributed by atoms with Gasteiger partial charge in [-0.3, -0.25) is 0 Å². The predicted octanol–water partition coefficient (Wildman–Crippen LogP) is 0.636. The van der Waals surface area contributed by atoms with Gasteiger partial charge in [0, 0.05) is 7.05 Å². The molecule has 78 valence electrons. The van der Waals surface area contributed by atoms with Crippen LogP contribution >= 0.6 is 0 Å². The van der Waals surface area contributed by atoms with Gasteiger partial charge in [-0.2, -0.15) is 5.10 Å². The summed E-state index contributed by atoms with van der Waals surface area (Å²) in [6, 6.07) is 0. The fourth-order valence-corrected chi connectivity index (χ4v) is 0.631. The summed E-state index contributed by atoms with van der Waals surface area (Å²) in [5, 5.41) is 12.8. The number of hydrogen-bond acceptors (Lipinski definition) is 5. The van der Waals surface area contributed by atoms with E-state index in [0.717, 1.165) is 0 Å². The van der Waals surface area contributed by atoms with E-state index in [2.05, 4.69) is 23.7 Å². The van der Waals surface area contributed by atoms with Crippen molar-refractivity contribution in [3.63, 3.8) is 0 Å². The van der Waals surface area contributed by atoms with Gasteiger partial charge in [-0.25, -0.2) is 0 Å². The summed E-state index contributed by atoms with van der Waals surface area (Å²) in [4.78, 5) is 0. The average molecular weight is 197 g/mol. The zero-order chi connectivity index (χ0) is 11.1. The van der Waals surface area contributed by atoms with E-state index in [-0.39, 0.29) is 11.5 Å². The number of aliphatic hydroxyl groups is 1. The zero-order valence-electron chi connectivity index (χ0n) is 8.37. The molecule has 0 heterocycles. The number of methoxy groups -OCH3 is 1. The number of nitrogens with one attached hydrogen (secondary N) is 1. The molecule has 14 heavy (non-hydrogen) atoms. The number of hydrazone groups is 1. The zero-order valence-corrected chi connectivity index (χ0v) is 8.37. The quantitative estimate of drug-likeness (QED) is 0.261. The number of aliphatic hydroxyl groups excluding tert-OH is 1. The second kappa shape index (κ2) is 5.69. The second-order valence-electron chi connectivity index (χ2n) is 2.39. The Morgan fingerprint density at radius 1 is 1.57 bits per heavy atom. The third kappa shape index (κ3) is 3.66. The maximum atomic E-state index is 8.96. The van der Waals surface area contributed by atoms with Gasteiger partial charge in [-0.1, -0.05) is 13.2 Å². The maximum absolute atomic E-state index is 8.96. The molecule has 0 bridgehead atoms. The number of ether oxygens (including phenoxy) is 1. The molecule has 0 aliphatic rings. The highest BCUT2D eigenvalue weighted by Crippen LogP contribution is 2.02. The lowest BCUT2D eigenvalue weighted by Gasteiger charge is -2.05. The summed E-state index contributed by atoms with van der Waals surface area (Å²) < 4.78 is 4.87. The van der Waals surface area contributed by atoms with Crippen LogP contribution in [0.1, 0.15) is 0 Å². The Hall–Kier alpha value is -1.91. The highest BCUT2D eigenvalue weighted by Gasteiger charge is 2.04. The molecule has 0 rings (SSSR count). The Labute approximate surface area is 83.3 Å². The molecule has 0 saturated carbocycles. The lowest BCUT2D eigenvalue weighted by atomic mass is 10.2. The first-order valence-corrected chi connectivity index (χ1v) is 3.86. The van der Waals surface area contributed by atoms with Crippen molar-refractivity contribution >= 4 is 5.71 Å². The summed E-state index contributed by atoms with van der Waals surface area (Å²) in [6.45, 7) is 6.87. The molecule has 0 aromatic rings. The summed E-state index contributed by atoms with van der Waals surface area (Å²) in [5.41, 5.74) is 8.51. The number of allylic oxidation sites excluding steroid dienone is 1. The molecule has 0 unspecified atom stereocenters. The van der Waals surface area contributed by atoms with E-state index < -0.39 is 0 Å². The van der Waals surface area contributed by atoms with Gasteiger partial charge in [0.05, 0.1) is 12.8 Å². The van der Waals surface area contributed by atoms with Gasteiger partial charge in [0.1, 0.15) is 17.2 Å². The van der Waals surface area contributed by atoms with Gasteiger partial charge in [0.2, 0.25) is 0 Å². The molecule has 5 nitrogen and oxygen atoms in total. The van der Waals surface area contributed by atoms with Crippen molar-refractivity contribution in [3.8, 4) is 0 Å². The van der Waals surface area contributed by atoms with E-state index in [4.69, 9.17) is 15.6 Å². The van der Waals surface area contributed by atoms with Crippen molar-refractivity contribution in [1.82, 2.24) is 5.43 Å². The standard InChI is InChI=1S/C9H15N3O2/c1-6(13)8(10)5-9(12-11-3)7(2)14-4/h5,11,13H,1-2,10H2,3-4H3. The van der Waals surface area contributed by atoms with E-state index in [1.54, 1.807) is 7.05 Å². The summed E-state index contributed by atoms with van der Waals surface area (Å²) >= 11 is 0. The van der Waals surface area contributed by atoms with Gasteiger partial charge in [-0.05, 0) is 6.08 Å². The minimum Gasteiger partial charge on any atom is -0.506 e. The number of nitrogens with two attached hydrogens (primary N) is 1. The maximum Gasteiger partial charge on any atom is 0.139 e. The van der Waals surface area contributed by atoms with E-state index >= 15 is 0 Å². The van der Waals surface area contributed by atoms with Crippen LogP contribution in [0.4, 0.5) is 0 Å². The van der Waals surface area contributed by atoms with Crippen LogP contribution in [0.2, 0.25) is 0 Å². The van der Waals surface area contributed by atoms with Crippen LogP contribution < -0.4 is 11.2 Å². The van der Waals surface area contributed by atoms with E-state index in [1.807, 2.05) is 0 Å². The third-order valence-electron chi connectivity index (χ3n) is 1.39. The van der Waals surface area contributed by atoms with Crippen molar-refractivity contribution in [2.75, 3.05) is 14.2 Å². The fraction of sp³-hybridized carbons (Fsp3) is 0.222. The van der Waals surface area contributed by atoms with Crippen molar-refractivity contribution in [1.29, 1.82) is 0 Å². The first-order chi connectivity index (χ1) is 6.52. The molecule has 0 atom stereocenters. The van der Waals surface area contributed by atoms with Gasteiger partial charge in [0.15, 0.2) is 0 Å². The number of rotatable bonds is 5. The molecule has 0 amide bonds. The number of nitrogens with zero attached hydrogens (tertiary/aromatic N) is 1. The van der Waals surface area contributed by atoms with E-state index in [0.29, 0.717) is 11.5 Å². The van der Waals surface area contributed by atoms with Crippen LogP contribution in [0.15, 0.2) is 41.6 Å². The third-order valence-corrected chi connectivity index (χ3v) is 1.39. The lowest BCUT2D eigenvalue weighted by molar-refractivity contribution is 0.317. The summed E-state index contributed by atoms with van der Waals surface area (Å²) in [5.74, 6) is 0.112. The normalized spacial score (nSPS) is 12.1. The molecule has 0 saturated heterocycles. The Kier molecular flexibility index (Phi) is 4.91. The van der Waals surface area contributed by atoms with E-state index in [1.165, 1.54) is 13.2 Å².